The van der Waals surface area contributed by atoms with Crippen LogP contribution in [0, 0.1) is 0 Å². The van der Waals surface area contributed by atoms with Gasteiger partial charge < -0.3 is 9.80 Å². The van der Waals surface area contributed by atoms with Gasteiger partial charge in [0.15, 0.2) is 0 Å². The van der Waals surface area contributed by atoms with Crippen LogP contribution in [0.2, 0.25) is 0 Å². The Hall–Kier alpha value is -14.4. The zero-order valence-electron chi connectivity index (χ0n) is 66.8. The molecule has 18 aromatic rings. The average molecular weight is 1520 g/mol. The molecule has 0 radical (unpaired) electrons. The highest BCUT2D eigenvalue weighted by molar-refractivity contribution is 6.03. The van der Waals surface area contributed by atoms with Gasteiger partial charge in [-0.1, -0.05) is 360 Å². The lowest BCUT2D eigenvalue weighted by Gasteiger charge is -2.37. The molecule has 1 atom stereocenters. The predicted octanol–water partition coefficient (Wildman–Crippen LogP) is 29.0. The number of hydrogen-bond donors (Lipinski definition) is 0. The van der Waals surface area contributed by atoms with E-state index in [0.717, 1.165) is 34.9 Å². The maximum absolute atomic E-state index is 2.71. The first-order chi connectivity index (χ1) is 59.1. The van der Waals surface area contributed by atoms with E-state index < -0.39 is 27.1 Å². The van der Waals surface area contributed by atoms with Crippen molar-refractivity contribution in [2.45, 2.75) is 59.7 Å². The van der Waals surface area contributed by atoms with E-state index in [2.05, 4.69) is 437 Å². The summed E-state index contributed by atoms with van der Waals surface area (Å²) in [6, 6.07) is 158. The third kappa shape index (κ3) is 7.98. The predicted molar refractivity (Wildman–Crippen MR) is 492 cm³/mol. The minimum Gasteiger partial charge on any atom is -0.310 e. The molecule has 0 saturated carbocycles. The topological polar surface area (TPSA) is 6.48 Å². The molecule has 0 N–H and O–H groups in total. The van der Waals surface area contributed by atoms with Crippen LogP contribution in [0.25, 0.3) is 89.0 Å². The number of nitrogens with zero attached hydrogens (tertiary/aromatic N) is 2. The molecular weight excluding hydrogens is 1450 g/mol. The van der Waals surface area contributed by atoms with Crippen LogP contribution in [-0.2, 0) is 32.5 Å². The fourth-order valence-corrected chi connectivity index (χ4v) is 25.9. The van der Waals surface area contributed by atoms with Crippen molar-refractivity contribution in [2.75, 3.05) is 9.80 Å². The second-order valence-electron chi connectivity index (χ2n) is 35.8. The SMILES string of the molecule is CC1(C)CC(C)(c2cccc(N(c3ccc4c(c3)C3(c5ccccc5-c5ccccc53)c3ccccc3-4)c3ccc4c(c3)C3(c5ccccc5-c5ccccc53)c3ccccc3-4)c2)c2c(N(c3ccc4c(c3)C3(c5ccccc5-c5ccccc53)c3ccccc3-4)c3ccc4c(c3)C3(c5ccccc5-c5ccccc53)c3ccccc3-4)cccc21. The highest BCUT2D eigenvalue weighted by atomic mass is 15.2. The lowest BCUT2D eigenvalue weighted by atomic mass is 9.70. The fraction of sp³-hybridized carbons (Fsp3) is 0.0847. The standard InChI is InChI=1S/C118H78N2/c1-113(2)71-114(3,72-30-28-31-73(66-72)119(74-58-62-90-86-40-12-24-52-102(86)115(107(90)67-74)94-44-16-4-32-78(94)79-33-5-17-45-95(79)115)75-59-63-91-87-41-13-25-53-103(87)116(108(91)68-75)96-46-18-6-34-80(96)81-35-7-19-47-97(81)116)112-106(113)56-29-57-111(112)120(76-60-64-92-88-42-14-26-54-104(88)117(109(92)69-76)98-48-20-8-36-82(98)83-37-9-21-49-99(83)117)77-61-65-93-89-43-15-27-55-105(89)118(110(93)70-77)100-50-22-10-38-84(100)85-39-11-23-51-101(85)118/h4-70H,71H2,1-3H3. The van der Waals surface area contributed by atoms with E-state index in [1.807, 2.05) is 0 Å². The van der Waals surface area contributed by atoms with Crippen molar-refractivity contribution in [3.05, 3.63) is 512 Å². The van der Waals surface area contributed by atoms with Gasteiger partial charge in [-0.15, -0.1) is 0 Å². The summed E-state index contributed by atoms with van der Waals surface area (Å²) in [6.07, 6.45) is 0.868. The maximum Gasteiger partial charge on any atom is 0.0726 e. The molecule has 0 aliphatic heterocycles. The monoisotopic (exact) mass is 1520 g/mol. The third-order valence-corrected chi connectivity index (χ3v) is 30.1. The second-order valence-corrected chi connectivity index (χ2v) is 35.8. The molecule has 0 bridgehead atoms. The van der Waals surface area contributed by atoms with Gasteiger partial charge in [-0.2, -0.15) is 0 Å². The summed E-state index contributed by atoms with van der Waals surface area (Å²) in [5.74, 6) is 0. The van der Waals surface area contributed by atoms with E-state index in [1.165, 1.54) is 200 Å². The van der Waals surface area contributed by atoms with Gasteiger partial charge in [0.25, 0.3) is 0 Å². The van der Waals surface area contributed by atoms with Crippen LogP contribution >= 0.6 is 0 Å². The number of rotatable bonds is 7. The van der Waals surface area contributed by atoms with Crippen LogP contribution < -0.4 is 9.80 Å². The molecule has 18 aromatic carbocycles. The van der Waals surface area contributed by atoms with Gasteiger partial charge in [0, 0.05) is 33.9 Å². The smallest absolute Gasteiger partial charge is 0.0726 e. The fourth-order valence-electron chi connectivity index (χ4n) is 25.9. The van der Waals surface area contributed by atoms with Crippen molar-refractivity contribution in [1.29, 1.82) is 0 Å². The lowest BCUT2D eigenvalue weighted by Crippen LogP contribution is -2.28. The molecule has 1 unspecified atom stereocenters. The Morgan fingerprint density at radius 1 is 0.175 bits per heavy atom. The highest BCUT2D eigenvalue weighted by Crippen LogP contribution is 2.70. The van der Waals surface area contributed by atoms with Gasteiger partial charge in [-0.25, -0.2) is 0 Å². The second kappa shape index (κ2) is 23.5. The van der Waals surface area contributed by atoms with Crippen LogP contribution in [0.15, 0.2) is 406 Å². The van der Waals surface area contributed by atoms with Gasteiger partial charge in [0.2, 0.25) is 0 Å². The zero-order chi connectivity index (χ0) is 78.9. The number of benzene rings is 18. The number of hydrogen-bond acceptors (Lipinski definition) is 2. The normalized spacial score (nSPS) is 16.8. The summed E-state index contributed by atoms with van der Waals surface area (Å²) in [6.45, 7) is 7.60. The molecule has 560 valence electrons. The van der Waals surface area contributed by atoms with Crippen LogP contribution in [-0.4, -0.2) is 0 Å². The van der Waals surface area contributed by atoms with Crippen molar-refractivity contribution in [3.8, 4) is 89.0 Å². The first kappa shape index (κ1) is 66.7. The minimum atomic E-state index is -0.575. The minimum absolute atomic E-state index is 0.266. The van der Waals surface area contributed by atoms with Gasteiger partial charge in [0.05, 0.1) is 27.3 Å². The molecule has 4 spiro atoms. The van der Waals surface area contributed by atoms with E-state index in [-0.39, 0.29) is 5.41 Å². The maximum atomic E-state index is 2.71. The summed E-state index contributed by atoms with van der Waals surface area (Å²) >= 11 is 0. The summed E-state index contributed by atoms with van der Waals surface area (Å²) < 4.78 is 0. The Morgan fingerprint density at radius 2 is 0.383 bits per heavy atom. The van der Waals surface area contributed by atoms with Crippen molar-refractivity contribution in [3.63, 3.8) is 0 Å². The molecule has 120 heavy (non-hydrogen) atoms. The van der Waals surface area contributed by atoms with Crippen molar-refractivity contribution in [1.82, 2.24) is 0 Å². The van der Waals surface area contributed by atoms with E-state index in [0.29, 0.717) is 0 Å². The van der Waals surface area contributed by atoms with Gasteiger partial charge in [0.1, 0.15) is 0 Å². The molecule has 27 rings (SSSR count). The highest BCUT2D eigenvalue weighted by Gasteiger charge is 2.58. The molecule has 0 fully saturated rings. The van der Waals surface area contributed by atoms with Gasteiger partial charge in [-0.3, -0.25) is 0 Å². The van der Waals surface area contributed by atoms with Crippen LogP contribution in [0.3, 0.4) is 0 Å². The summed E-state index contributed by atoms with van der Waals surface area (Å²) in [7, 11) is 0. The first-order valence-corrected chi connectivity index (χ1v) is 42.7. The van der Waals surface area contributed by atoms with Crippen molar-refractivity contribution in [2.24, 2.45) is 0 Å². The van der Waals surface area contributed by atoms with E-state index in [4.69, 9.17) is 0 Å². The van der Waals surface area contributed by atoms with E-state index in [9.17, 15) is 0 Å². The van der Waals surface area contributed by atoms with Crippen LogP contribution in [0.4, 0.5) is 34.1 Å². The molecule has 2 nitrogen and oxygen atoms in total. The van der Waals surface area contributed by atoms with Crippen LogP contribution in [0.5, 0.6) is 0 Å². The molecule has 0 amide bonds. The summed E-state index contributed by atoms with van der Waals surface area (Å²) in [5.41, 5.74) is 49.4. The molecular formula is C118H78N2. The summed E-state index contributed by atoms with van der Waals surface area (Å²) in [4.78, 5) is 5.34. The van der Waals surface area contributed by atoms with Crippen LogP contribution in [0.1, 0.15) is 133 Å². The molecule has 0 heterocycles. The van der Waals surface area contributed by atoms with Gasteiger partial charge >= 0.3 is 0 Å². The Morgan fingerprint density at radius 3 is 0.642 bits per heavy atom. The molecule has 9 aliphatic carbocycles. The Labute approximate surface area is 700 Å². The lowest BCUT2D eigenvalue weighted by molar-refractivity contribution is 0.425. The third-order valence-electron chi connectivity index (χ3n) is 30.1. The number of anilines is 6. The Kier molecular flexibility index (Phi) is 13.0. The summed E-state index contributed by atoms with van der Waals surface area (Å²) in [5, 5.41) is 0. The Bertz CT molecular complexity index is 6980. The van der Waals surface area contributed by atoms with E-state index in [1.54, 1.807) is 0 Å². The quantitative estimate of drug-likeness (QED) is 0.157. The molecule has 0 saturated heterocycles. The number of fused-ring (bicyclic) bond motifs is 41. The zero-order valence-corrected chi connectivity index (χ0v) is 66.8. The molecule has 0 aromatic heterocycles. The Balaban J connectivity index is 0.702. The first-order valence-electron chi connectivity index (χ1n) is 42.7. The van der Waals surface area contributed by atoms with Crippen molar-refractivity contribution < 1.29 is 0 Å². The van der Waals surface area contributed by atoms with E-state index >= 15 is 0 Å². The molecule has 2 heteroatoms. The molecule has 9 aliphatic rings. The largest absolute Gasteiger partial charge is 0.310 e. The van der Waals surface area contributed by atoms with Gasteiger partial charge in [-0.05, 0) is 273 Å². The average Bonchev–Trinajstić information content (AvgIpc) is 1.52. The van der Waals surface area contributed by atoms with Crippen molar-refractivity contribution >= 4 is 34.1 Å².